The van der Waals surface area contributed by atoms with Crippen LogP contribution >= 0.6 is 0 Å². The SMILES string of the molecule is CCONC(=O)c1ccoc1C. The van der Waals surface area contributed by atoms with Crippen molar-refractivity contribution in [1.29, 1.82) is 0 Å². The molecule has 0 radical (unpaired) electrons. The van der Waals surface area contributed by atoms with E-state index in [1.54, 1.807) is 19.9 Å². The predicted octanol–water partition coefficient (Wildman–Crippen LogP) is 1.27. The lowest BCUT2D eigenvalue weighted by Gasteiger charge is -2.01. The number of amides is 1. The van der Waals surface area contributed by atoms with Crippen LogP contribution in [-0.4, -0.2) is 12.5 Å². The lowest BCUT2D eigenvalue weighted by Crippen LogP contribution is -2.23. The largest absolute Gasteiger partial charge is 0.469 e. The van der Waals surface area contributed by atoms with E-state index < -0.39 is 0 Å². The lowest BCUT2D eigenvalue weighted by atomic mass is 10.2. The molecule has 1 amide bonds. The fourth-order valence-corrected chi connectivity index (χ4v) is 0.813. The van der Waals surface area contributed by atoms with Crippen molar-refractivity contribution in [3.63, 3.8) is 0 Å². The van der Waals surface area contributed by atoms with E-state index >= 15 is 0 Å². The van der Waals surface area contributed by atoms with Crippen LogP contribution in [0, 0.1) is 6.92 Å². The van der Waals surface area contributed by atoms with Crippen molar-refractivity contribution in [3.05, 3.63) is 23.7 Å². The van der Waals surface area contributed by atoms with Gasteiger partial charge in [-0.1, -0.05) is 0 Å². The third-order valence-corrected chi connectivity index (χ3v) is 1.41. The Bertz CT molecular complexity index is 267. The third kappa shape index (κ3) is 1.85. The molecule has 66 valence electrons. The van der Waals surface area contributed by atoms with Gasteiger partial charge < -0.3 is 4.42 Å². The van der Waals surface area contributed by atoms with E-state index in [9.17, 15) is 4.79 Å². The van der Waals surface area contributed by atoms with Gasteiger partial charge in [0.1, 0.15) is 5.76 Å². The van der Waals surface area contributed by atoms with Crippen molar-refractivity contribution in [1.82, 2.24) is 5.48 Å². The molecule has 0 aliphatic rings. The van der Waals surface area contributed by atoms with Gasteiger partial charge in [-0.25, -0.2) is 5.48 Å². The second kappa shape index (κ2) is 3.92. The van der Waals surface area contributed by atoms with Gasteiger partial charge in [-0.05, 0) is 19.9 Å². The molecule has 0 bridgehead atoms. The zero-order valence-electron chi connectivity index (χ0n) is 7.09. The Kier molecular flexibility index (Phi) is 2.88. The van der Waals surface area contributed by atoms with E-state index in [1.165, 1.54) is 6.26 Å². The summed E-state index contributed by atoms with van der Waals surface area (Å²) in [7, 11) is 0. The van der Waals surface area contributed by atoms with Crippen LogP contribution in [0.1, 0.15) is 23.0 Å². The molecule has 1 heterocycles. The average Bonchev–Trinajstić information content (AvgIpc) is 2.47. The van der Waals surface area contributed by atoms with E-state index in [1.807, 2.05) is 0 Å². The highest BCUT2D eigenvalue weighted by Crippen LogP contribution is 2.07. The van der Waals surface area contributed by atoms with Crippen LogP contribution < -0.4 is 5.48 Å². The monoisotopic (exact) mass is 169 g/mol. The fraction of sp³-hybridized carbons (Fsp3) is 0.375. The molecule has 4 nitrogen and oxygen atoms in total. The number of carbonyl (C=O) groups excluding carboxylic acids is 1. The van der Waals surface area contributed by atoms with Gasteiger partial charge in [0.25, 0.3) is 5.91 Å². The first-order valence-corrected chi connectivity index (χ1v) is 3.72. The number of nitrogens with one attached hydrogen (secondary N) is 1. The highest BCUT2D eigenvalue weighted by atomic mass is 16.6. The molecule has 0 saturated heterocycles. The van der Waals surface area contributed by atoms with Crippen molar-refractivity contribution in [3.8, 4) is 0 Å². The van der Waals surface area contributed by atoms with E-state index in [0.717, 1.165) is 0 Å². The zero-order valence-corrected chi connectivity index (χ0v) is 7.09. The molecule has 1 N–H and O–H groups in total. The molecule has 1 rings (SSSR count). The van der Waals surface area contributed by atoms with E-state index in [4.69, 9.17) is 9.25 Å². The van der Waals surface area contributed by atoms with Gasteiger partial charge in [0.2, 0.25) is 0 Å². The second-order valence-corrected chi connectivity index (χ2v) is 2.25. The molecule has 1 aromatic heterocycles. The number of hydroxylamine groups is 1. The number of hydrogen-bond acceptors (Lipinski definition) is 3. The summed E-state index contributed by atoms with van der Waals surface area (Å²) in [6.07, 6.45) is 1.47. The van der Waals surface area contributed by atoms with Crippen molar-refractivity contribution in [2.75, 3.05) is 6.61 Å². The van der Waals surface area contributed by atoms with Gasteiger partial charge in [-0.2, -0.15) is 0 Å². The first-order chi connectivity index (χ1) is 5.75. The standard InChI is InChI=1S/C8H11NO3/c1-3-12-9-8(10)7-4-5-11-6(7)2/h4-5H,3H2,1-2H3,(H,9,10). The van der Waals surface area contributed by atoms with Gasteiger partial charge in [0, 0.05) is 0 Å². The van der Waals surface area contributed by atoms with Crippen LogP contribution in [0.4, 0.5) is 0 Å². The summed E-state index contributed by atoms with van der Waals surface area (Å²) in [5, 5.41) is 0. The summed E-state index contributed by atoms with van der Waals surface area (Å²) in [4.78, 5) is 15.9. The lowest BCUT2D eigenvalue weighted by molar-refractivity contribution is 0.0363. The molecule has 0 aliphatic carbocycles. The smallest absolute Gasteiger partial charge is 0.278 e. The average molecular weight is 169 g/mol. The topological polar surface area (TPSA) is 51.5 Å². The highest BCUT2D eigenvalue weighted by molar-refractivity contribution is 5.94. The quantitative estimate of drug-likeness (QED) is 0.693. The van der Waals surface area contributed by atoms with Gasteiger partial charge in [0.15, 0.2) is 0 Å². The van der Waals surface area contributed by atoms with Crippen molar-refractivity contribution < 1.29 is 14.0 Å². The highest BCUT2D eigenvalue weighted by Gasteiger charge is 2.10. The molecule has 0 fully saturated rings. The van der Waals surface area contributed by atoms with Gasteiger partial charge in [-0.3, -0.25) is 9.63 Å². The maximum Gasteiger partial charge on any atom is 0.278 e. The van der Waals surface area contributed by atoms with Crippen molar-refractivity contribution >= 4 is 5.91 Å². The normalized spacial score (nSPS) is 9.83. The Labute approximate surface area is 70.5 Å². The third-order valence-electron chi connectivity index (χ3n) is 1.41. The Balaban J connectivity index is 2.59. The Hall–Kier alpha value is -1.29. The molecule has 0 saturated carbocycles. The summed E-state index contributed by atoms with van der Waals surface area (Å²) in [5.74, 6) is 0.315. The van der Waals surface area contributed by atoms with Crippen LogP contribution in [0.5, 0.6) is 0 Å². The number of aryl methyl sites for hydroxylation is 1. The first-order valence-electron chi connectivity index (χ1n) is 3.72. The number of rotatable bonds is 3. The summed E-state index contributed by atoms with van der Waals surface area (Å²) in [5.41, 5.74) is 2.78. The molecule has 0 atom stereocenters. The van der Waals surface area contributed by atoms with Crippen LogP contribution in [0.3, 0.4) is 0 Å². The van der Waals surface area contributed by atoms with E-state index in [-0.39, 0.29) is 5.91 Å². The minimum absolute atomic E-state index is 0.275. The van der Waals surface area contributed by atoms with Crippen molar-refractivity contribution in [2.24, 2.45) is 0 Å². The summed E-state index contributed by atoms with van der Waals surface area (Å²) < 4.78 is 4.95. The molecular formula is C8H11NO3. The Morgan fingerprint density at radius 2 is 2.50 bits per heavy atom. The summed E-state index contributed by atoms with van der Waals surface area (Å²) in [6.45, 7) is 3.96. The molecule has 12 heavy (non-hydrogen) atoms. The van der Waals surface area contributed by atoms with Crippen LogP contribution in [0.25, 0.3) is 0 Å². The number of furan rings is 1. The minimum atomic E-state index is -0.275. The Morgan fingerprint density at radius 3 is 3.00 bits per heavy atom. The molecule has 1 aromatic rings. The van der Waals surface area contributed by atoms with Gasteiger partial charge >= 0.3 is 0 Å². The summed E-state index contributed by atoms with van der Waals surface area (Å²) >= 11 is 0. The maximum absolute atomic E-state index is 11.2. The molecule has 0 aliphatic heterocycles. The second-order valence-electron chi connectivity index (χ2n) is 2.25. The predicted molar refractivity (Wildman–Crippen MR) is 42.5 cm³/mol. The van der Waals surface area contributed by atoms with Crippen LogP contribution in [0.15, 0.2) is 16.7 Å². The van der Waals surface area contributed by atoms with Crippen LogP contribution in [-0.2, 0) is 4.84 Å². The molecular weight excluding hydrogens is 158 g/mol. The molecule has 4 heteroatoms. The van der Waals surface area contributed by atoms with E-state index in [0.29, 0.717) is 17.9 Å². The van der Waals surface area contributed by atoms with E-state index in [2.05, 4.69) is 5.48 Å². The van der Waals surface area contributed by atoms with Crippen molar-refractivity contribution in [2.45, 2.75) is 13.8 Å². The fourth-order valence-electron chi connectivity index (χ4n) is 0.813. The molecule has 0 unspecified atom stereocenters. The van der Waals surface area contributed by atoms with Crippen LogP contribution in [0.2, 0.25) is 0 Å². The zero-order chi connectivity index (χ0) is 8.97. The number of hydrogen-bond donors (Lipinski definition) is 1. The molecule has 0 spiro atoms. The Morgan fingerprint density at radius 1 is 1.75 bits per heavy atom. The van der Waals surface area contributed by atoms with Gasteiger partial charge in [-0.15, -0.1) is 0 Å². The maximum atomic E-state index is 11.2. The van der Waals surface area contributed by atoms with Gasteiger partial charge in [0.05, 0.1) is 18.4 Å². The first kappa shape index (κ1) is 8.80. The summed E-state index contributed by atoms with van der Waals surface area (Å²) in [6, 6.07) is 1.60. The number of carbonyl (C=O) groups is 1. The molecule has 0 aromatic carbocycles. The minimum Gasteiger partial charge on any atom is -0.469 e.